The van der Waals surface area contributed by atoms with Crippen molar-refractivity contribution >= 4 is 68.5 Å². The molecule has 0 aromatic heterocycles. The minimum Gasteiger partial charge on any atom is -0.496 e. The summed E-state index contributed by atoms with van der Waals surface area (Å²) in [6.45, 7) is 0. The number of ether oxygens (including phenoxy) is 1. The average Bonchev–Trinajstić information content (AvgIpc) is 3.35. The first-order valence-electron chi connectivity index (χ1n) is 11.6. The zero-order valence-electron chi connectivity index (χ0n) is 19.4. The third kappa shape index (κ3) is 3.71. The lowest BCUT2D eigenvalue weighted by atomic mass is 9.83. The molecule has 0 N–H and O–H groups in total. The number of amides is 2. The fourth-order valence-electron chi connectivity index (χ4n) is 5.77. The number of halogens is 3. The van der Waals surface area contributed by atoms with Crippen molar-refractivity contribution in [2.45, 2.75) is 12.1 Å². The van der Waals surface area contributed by atoms with Crippen molar-refractivity contribution in [2.75, 3.05) is 12.0 Å². The molecular formula is C28H19BrCl2N2O4. The second kappa shape index (κ2) is 9.01. The van der Waals surface area contributed by atoms with Gasteiger partial charge in [-0.05, 0) is 69.5 Å². The number of carbonyl (C=O) groups excluding carboxylic acids is 3. The van der Waals surface area contributed by atoms with Gasteiger partial charge in [-0.25, -0.2) is 4.90 Å². The molecule has 37 heavy (non-hydrogen) atoms. The highest BCUT2D eigenvalue weighted by atomic mass is 79.9. The maximum atomic E-state index is 14.1. The Balaban J connectivity index is 1.49. The van der Waals surface area contributed by atoms with Gasteiger partial charge in [-0.15, -0.1) is 0 Å². The molecule has 0 aliphatic carbocycles. The Bertz CT molecular complexity index is 1500. The topological polar surface area (TPSA) is 66.9 Å². The maximum absolute atomic E-state index is 14.1. The highest BCUT2D eigenvalue weighted by Gasteiger charge is 2.64. The summed E-state index contributed by atoms with van der Waals surface area (Å²) in [4.78, 5) is 45.0. The van der Waals surface area contributed by atoms with Gasteiger partial charge in [-0.3, -0.25) is 14.4 Å². The summed E-state index contributed by atoms with van der Waals surface area (Å²) in [5.74, 6) is -2.13. The van der Waals surface area contributed by atoms with Crippen LogP contribution in [-0.2, 0) is 9.59 Å². The fraction of sp³-hybridized carbons (Fsp3) is 0.179. The van der Waals surface area contributed by atoms with Crippen molar-refractivity contribution in [1.29, 1.82) is 0 Å². The summed E-state index contributed by atoms with van der Waals surface area (Å²) in [7, 11) is 1.54. The van der Waals surface area contributed by atoms with Crippen molar-refractivity contribution in [3.05, 3.63) is 98.1 Å². The fourth-order valence-corrected chi connectivity index (χ4v) is 6.83. The number of fused-ring (bicyclic) bond motifs is 5. The molecule has 6 nitrogen and oxygen atoms in total. The molecule has 3 aliphatic rings. The van der Waals surface area contributed by atoms with E-state index in [-0.39, 0.29) is 11.7 Å². The lowest BCUT2D eigenvalue weighted by Crippen LogP contribution is -2.44. The standard InChI is InChI=1S/C28H19BrCl2N2O4/c1-37-21-7-6-15(10-20(21)29)26(34)25-23-22(24-19-5-3-2-4-14(19)8-9-32(24)25)27(35)33(28(23)36)18-12-16(30)11-17(31)13-18/h2-13,22-25H,1H3/t22-,23+,24-,25-/m0/s1. The number of ketones is 1. The zero-order valence-corrected chi connectivity index (χ0v) is 22.5. The number of carbonyl (C=O) groups is 3. The zero-order chi connectivity index (χ0) is 26.0. The summed E-state index contributed by atoms with van der Waals surface area (Å²) < 4.78 is 5.93. The summed E-state index contributed by atoms with van der Waals surface area (Å²) in [6, 6.07) is 16.0. The van der Waals surface area contributed by atoms with E-state index in [1.807, 2.05) is 41.4 Å². The van der Waals surface area contributed by atoms with Gasteiger partial charge >= 0.3 is 0 Å². The summed E-state index contributed by atoms with van der Waals surface area (Å²) in [6.07, 6.45) is 3.74. The van der Waals surface area contributed by atoms with Crippen LogP contribution in [0.4, 0.5) is 5.69 Å². The molecule has 0 spiro atoms. The van der Waals surface area contributed by atoms with E-state index in [4.69, 9.17) is 27.9 Å². The summed E-state index contributed by atoms with van der Waals surface area (Å²) >= 11 is 15.8. The van der Waals surface area contributed by atoms with E-state index >= 15 is 0 Å². The van der Waals surface area contributed by atoms with Gasteiger partial charge in [-0.1, -0.05) is 47.5 Å². The van der Waals surface area contributed by atoms with Crippen LogP contribution in [0.2, 0.25) is 10.0 Å². The average molecular weight is 598 g/mol. The second-order valence-electron chi connectivity index (χ2n) is 9.19. The van der Waals surface area contributed by atoms with E-state index in [1.54, 1.807) is 25.3 Å². The predicted octanol–water partition coefficient (Wildman–Crippen LogP) is 6.16. The first kappa shape index (κ1) is 24.2. The molecule has 4 atom stereocenters. The third-order valence-electron chi connectivity index (χ3n) is 7.27. The number of methoxy groups -OCH3 is 1. The summed E-state index contributed by atoms with van der Waals surface area (Å²) in [5, 5.41) is 0.617. The normalized spacial score (nSPS) is 23.7. The molecule has 6 rings (SSSR count). The van der Waals surface area contributed by atoms with Crippen molar-refractivity contribution < 1.29 is 19.1 Å². The van der Waals surface area contributed by atoms with E-state index in [2.05, 4.69) is 15.9 Å². The van der Waals surface area contributed by atoms with Gasteiger partial charge in [0.1, 0.15) is 11.8 Å². The maximum Gasteiger partial charge on any atom is 0.240 e. The van der Waals surface area contributed by atoms with Gasteiger partial charge in [-0.2, -0.15) is 0 Å². The number of nitrogens with zero attached hydrogens (tertiary/aromatic N) is 2. The molecule has 186 valence electrons. The van der Waals surface area contributed by atoms with Gasteiger partial charge in [0.05, 0.1) is 35.1 Å². The summed E-state index contributed by atoms with van der Waals surface area (Å²) in [5.41, 5.74) is 2.56. The van der Waals surface area contributed by atoms with E-state index in [1.165, 1.54) is 18.2 Å². The van der Waals surface area contributed by atoms with Crippen LogP contribution in [0, 0.1) is 11.8 Å². The number of hydrogen-bond donors (Lipinski definition) is 0. The number of rotatable bonds is 4. The first-order valence-corrected chi connectivity index (χ1v) is 13.1. The first-order chi connectivity index (χ1) is 17.8. The largest absolute Gasteiger partial charge is 0.496 e. The van der Waals surface area contributed by atoms with Crippen molar-refractivity contribution in [1.82, 2.24) is 4.90 Å². The molecule has 3 heterocycles. The highest BCUT2D eigenvalue weighted by molar-refractivity contribution is 9.10. The van der Waals surface area contributed by atoms with E-state index in [0.29, 0.717) is 31.5 Å². The lowest BCUT2D eigenvalue weighted by Gasteiger charge is -2.35. The predicted molar refractivity (Wildman–Crippen MR) is 145 cm³/mol. The third-order valence-corrected chi connectivity index (χ3v) is 8.33. The molecule has 0 bridgehead atoms. The van der Waals surface area contributed by atoms with Crippen LogP contribution in [0.25, 0.3) is 6.08 Å². The Morgan fingerprint density at radius 2 is 1.65 bits per heavy atom. The molecule has 3 aromatic rings. The molecular weight excluding hydrogens is 579 g/mol. The van der Waals surface area contributed by atoms with E-state index in [9.17, 15) is 14.4 Å². The number of anilines is 1. The number of hydrogen-bond acceptors (Lipinski definition) is 5. The molecule has 2 amide bonds. The van der Waals surface area contributed by atoms with Crippen molar-refractivity contribution in [3.63, 3.8) is 0 Å². The van der Waals surface area contributed by atoms with Crippen LogP contribution in [0.1, 0.15) is 27.5 Å². The number of Topliss-reactive ketones (excluding diaryl/α,β-unsaturated/α-hetero) is 1. The molecule has 0 saturated carbocycles. The van der Waals surface area contributed by atoms with Crippen LogP contribution in [-0.4, -0.2) is 35.6 Å². The van der Waals surface area contributed by atoms with E-state index < -0.39 is 29.8 Å². The van der Waals surface area contributed by atoms with Crippen LogP contribution in [0.3, 0.4) is 0 Å². The van der Waals surface area contributed by atoms with Crippen LogP contribution >= 0.6 is 39.1 Å². The van der Waals surface area contributed by atoms with Gasteiger partial charge in [0.25, 0.3) is 0 Å². The van der Waals surface area contributed by atoms with Gasteiger partial charge in [0, 0.05) is 21.8 Å². The monoisotopic (exact) mass is 596 g/mol. The molecule has 2 saturated heterocycles. The molecule has 2 fully saturated rings. The lowest BCUT2D eigenvalue weighted by molar-refractivity contribution is -0.123. The Hall–Kier alpha value is -3.13. The molecule has 3 aliphatic heterocycles. The number of benzene rings is 3. The Morgan fingerprint density at radius 1 is 0.946 bits per heavy atom. The molecule has 0 radical (unpaired) electrons. The van der Waals surface area contributed by atoms with Crippen LogP contribution < -0.4 is 9.64 Å². The Morgan fingerprint density at radius 3 is 2.35 bits per heavy atom. The molecule has 0 unspecified atom stereocenters. The second-order valence-corrected chi connectivity index (χ2v) is 10.9. The van der Waals surface area contributed by atoms with Gasteiger partial charge in [0.15, 0.2) is 5.78 Å². The minimum absolute atomic E-state index is 0.253. The highest BCUT2D eigenvalue weighted by Crippen LogP contribution is 2.54. The number of imide groups is 1. The van der Waals surface area contributed by atoms with Crippen molar-refractivity contribution in [2.24, 2.45) is 11.8 Å². The minimum atomic E-state index is -0.889. The van der Waals surface area contributed by atoms with E-state index in [0.717, 1.165) is 16.0 Å². The molecule has 9 heteroatoms. The Kier molecular flexibility index (Phi) is 5.90. The quantitative estimate of drug-likeness (QED) is 0.266. The Labute approximate surface area is 231 Å². The molecule has 3 aromatic carbocycles. The van der Waals surface area contributed by atoms with Gasteiger partial charge in [0.2, 0.25) is 11.8 Å². The van der Waals surface area contributed by atoms with Crippen LogP contribution in [0.5, 0.6) is 5.75 Å². The van der Waals surface area contributed by atoms with Crippen LogP contribution in [0.15, 0.2) is 71.3 Å². The van der Waals surface area contributed by atoms with Gasteiger partial charge < -0.3 is 9.64 Å². The smallest absolute Gasteiger partial charge is 0.240 e. The SMILES string of the molecule is COc1ccc(C(=O)[C@@H]2[C@@H]3C(=O)N(c4cc(Cl)cc(Cl)c4)C(=O)[C@@H]3[C@@H]3c4ccccc4C=CN23)cc1Br. The van der Waals surface area contributed by atoms with Crippen molar-refractivity contribution in [3.8, 4) is 5.75 Å².